The van der Waals surface area contributed by atoms with Gasteiger partial charge in [-0.2, -0.15) is 0 Å². The van der Waals surface area contributed by atoms with Crippen molar-refractivity contribution in [3.8, 4) is 0 Å². The average Bonchev–Trinajstić information content (AvgIpc) is 3.07. The number of ether oxygens (including phenoxy) is 1. The SMILES string of the molecule is C=C.C=C.C=C.C=C.C=C.C=C.CCCCCCCCCCCCOCCCCCCCCCCCC.OCCO. The smallest absolute Gasteiger partial charge is 0.0662 e. The van der Waals surface area contributed by atoms with Crippen LogP contribution in [0.2, 0.25) is 0 Å². The number of hydrogen-bond acceptors (Lipinski definition) is 3. The molecule has 0 aromatic carbocycles. The molecule has 41 heavy (non-hydrogen) atoms. The maximum Gasteiger partial charge on any atom is 0.0662 e. The van der Waals surface area contributed by atoms with E-state index in [9.17, 15) is 0 Å². The summed E-state index contributed by atoms with van der Waals surface area (Å²) in [6.45, 7) is 42.3. The third-order valence-electron chi connectivity index (χ3n) is 5.38. The second kappa shape index (κ2) is 98.1. The van der Waals surface area contributed by atoms with Gasteiger partial charge < -0.3 is 14.9 Å². The summed E-state index contributed by atoms with van der Waals surface area (Å²) in [6, 6.07) is 0. The third kappa shape index (κ3) is 111. The van der Waals surface area contributed by atoms with Crippen molar-refractivity contribution in [1.29, 1.82) is 0 Å². The fourth-order valence-electron chi connectivity index (χ4n) is 3.49. The Morgan fingerprint density at radius 1 is 0.317 bits per heavy atom. The van der Waals surface area contributed by atoms with Crippen molar-refractivity contribution < 1.29 is 14.9 Å². The van der Waals surface area contributed by atoms with Crippen LogP contribution in [0.25, 0.3) is 0 Å². The summed E-state index contributed by atoms with van der Waals surface area (Å²) < 4.78 is 5.78. The van der Waals surface area contributed by atoms with E-state index in [1.54, 1.807) is 0 Å². The first-order valence-electron chi connectivity index (χ1n) is 16.1. The summed E-state index contributed by atoms with van der Waals surface area (Å²) in [5.74, 6) is 0. The first-order valence-corrected chi connectivity index (χ1v) is 16.1. The molecule has 0 bridgehead atoms. The van der Waals surface area contributed by atoms with Crippen LogP contribution in [0.15, 0.2) is 78.9 Å². The molecule has 3 nitrogen and oxygen atoms in total. The largest absolute Gasteiger partial charge is 0.394 e. The Hall–Kier alpha value is -1.68. The molecule has 0 aliphatic heterocycles. The highest BCUT2D eigenvalue weighted by atomic mass is 16.5. The molecule has 250 valence electrons. The first-order chi connectivity index (χ1) is 20.3. The molecule has 0 saturated carbocycles. The zero-order valence-electron chi connectivity index (χ0n) is 28.8. The molecule has 0 aromatic heterocycles. The topological polar surface area (TPSA) is 49.7 Å². The van der Waals surface area contributed by atoms with Crippen LogP contribution in [0, 0.1) is 0 Å². The highest BCUT2D eigenvalue weighted by molar-refractivity contribution is 4.49. The van der Waals surface area contributed by atoms with Gasteiger partial charge in [0.2, 0.25) is 0 Å². The molecule has 0 aliphatic carbocycles. The van der Waals surface area contributed by atoms with E-state index in [2.05, 4.69) is 92.8 Å². The van der Waals surface area contributed by atoms with Gasteiger partial charge in [-0.3, -0.25) is 0 Å². The Labute approximate surface area is 262 Å². The lowest BCUT2D eigenvalue weighted by Gasteiger charge is -2.05. The summed E-state index contributed by atoms with van der Waals surface area (Å²) in [6.07, 6.45) is 28.2. The number of rotatable bonds is 23. The van der Waals surface area contributed by atoms with Gasteiger partial charge in [0.05, 0.1) is 13.2 Å². The highest BCUT2D eigenvalue weighted by Crippen LogP contribution is 2.12. The maximum atomic E-state index is 7.62. The van der Waals surface area contributed by atoms with Gasteiger partial charge in [-0.25, -0.2) is 0 Å². The molecule has 0 heterocycles. The van der Waals surface area contributed by atoms with Crippen molar-refractivity contribution in [1.82, 2.24) is 0 Å². The molecular formula is C38H80O3. The van der Waals surface area contributed by atoms with Gasteiger partial charge in [0.1, 0.15) is 0 Å². The lowest BCUT2D eigenvalue weighted by molar-refractivity contribution is 0.125. The minimum Gasteiger partial charge on any atom is -0.394 e. The second-order valence-electron chi connectivity index (χ2n) is 8.42. The first kappa shape index (κ1) is 58.9. The molecule has 0 rings (SSSR count). The van der Waals surface area contributed by atoms with Crippen molar-refractivity contribution in [3.63, 3.8) is 0 Å². The van der Waals surface area contributed by atoms with Gasteiger partial charge in [0, 0.05) is 13.2 Å². The molecule has 0 fully saturated rings. The quantitative estimate of drug-likeness (QED) is 0.0927. The molecule has 0 saturated heterocycles. The van der Waals surface area contributed by atoms with E-state index in [-0.39, 0.29) is 13.2 Å². The number of unbranched alkanes of at least 4 members (excludes halogenated alkanes) is 18. The Balaban J connectivity index is -0.0000000954. The lowest BCUT2D eigenvalue weighted by atomic mass is 10.1. The summed E-state index contributed by atoms with van der Waals surface area (Å²) in [5, 5.41) is 15.2. The van der Waals surface area contributed by atoms with Gasteiger partial charge in [0.25, 0.3) is 0 Å². The fourth-order valence-corrected chi connectivity index (χ4v) is 3.49. The Morgan fingerprint density at radius 3 is 0.659 bits per heavy atom. The summed E-state index contributed by atoms with van der Waals surface area (Å²) in [5.41, 5.74) is 0. The molecule has 0 aliphatic rings. The molecule has 0 amide bonds. The van der Waals surface area contributed by atoms with Gasteiger partial charge in [-0.1, -0.05) is 129 Å². The molecule has 0 unspecified atom stereocenters. The van der Waals surface area contributed by atoms with Crippen LogP contribution < -0.4 is 0 Å². The normalized spacial score (nSPS) is 8.20. The number of aliphatic hydroxyl groups excluding tert-OH is 2. The van der Waals surface area contributed by atoms with Crippen LogP contribution in [-0.4, -0.2) is 36.6 Å². The zero-order chi connectivity index (χ0) is 33.7. The number of aliphatic hydroxyl groups is 2. The molecule has 0 spiro atoms. The van der Waals surface area contributed by atoms with Crippen molar-refractivity contribution in [2.24, 2.45) is 0 Å². The van der Waals surface area contributed by atoms with Crippen LogP contribution in [0.3, 0.4) is 0 Å². The van der Waals surface area contributed by atoms with E-state index in [4.69, 9.17) is 14.9 Å². The van der Waals surface area contributed by atoms with E-state index >= 15 is 0 Å². The zero-order valence-corrected chi connectivity index (χ0v) is 28.8. The minimum atomic E-state index is -0.125. The van der Waals surface area contributed by atoms with E-state index in [1.165, 1.54) is 128 Å². The van der Waals surface area contributed by atoms with Gasteiger partial charge in [0.15, 0.2) is 0 Å². The fraction of sp³-hybridized carbons (Fsp3) is 0.684. The Kier molecular flexibility index (Phi) is 141. The van der Waals surface area contributed by atoms with Crippen molar-refractivity contribution >= 4 is 0 Å². The molecule has 0 atom stereocenters. The Morgan fingerprint density at radius 2 is 0.488 bits per heavy atom. The van der Waals surface area contributed by atoms with Gasteiger partial charge >= 0.3 is 0 Å². The third-order valence-corrected chi connectivity index (χ3v) is 5.38. The van der Waals surface area contributed by atoms with Crippen molar-refractivity contribution in [3.05, 3.63) is 78.9 Å². The molecule has 0 aromatic rings. The summed E-state index contributed by atoms with van der Waals surface area (Å²) in [7, 11) is 0. The van der Waals surface area contributed by atoms with Crippen molar-refractivity contribution in [2.75, 3.05) is 26.4 Å². The van der Waals surface area contributed by atoms with Gasteiger partial charge in [-0.05, 0) is 12.8 Å². The van der Waals surface area contributed by atoms with E-state index in [0.29, 0.717) is 0 Å². The number of hydrogen-bond donors (Lipinski definition) is 2. The van der Waals surface area contributed by atoms with Crippen LogP contribution in [0.4, 0.5) is 0 Å². The summed E-state index contributed by atoms with van der Waals surface area (Å²) >= 11 is 0. The average molecular weight is 585 g/mol. The van der Waals surface area contributed by atoms with E-state index in [0.717, 1.165) is 13.2 Å². The van der Waals surface area contributed by atoms with E-state index in [1.807, 2.05) is 0 Å². The highest BCUT2D eigenvalue weighted by Gasteiger charge is 1.95. The predicted molar refractivity (Wildman–Crippen MR) is 196 cm³/mol. The standard InChI is InChI=1S/C24H50O.C2H6O2.6C2H4/c1-3-5-7-9-11-13-15-17-19-21-23-25-24-22-20-18-16-14-12-10-8-6-4-2;3-1-2-4;6*1-2/h3-24H2,1-2H3;3-4H,1-2H2;6*1-2H2. The Bertz CT molecular complexity index is 283. The molecule has 2 N–H and O–H groups in total. The summed E-state index contributed by atoms with van der Waals surface area (Å²) in [4.78, 5) is 0. The predicted octanol–water partition coefficient (Wildman–Crippen LogP) is 12.6. The molecule has 0 radical (unpaired) electrons. The van der Waals surface area contributed by atoms with Crippen LogP contribution in [0.5, 0.6) is 0 Å². The molecule has 3 heteroatoms. The second-order valence-corrected chi connectivity index (χ2v) is 8.42. The van der Waals surface area contributed by atoms with Gasteiger partial charge in [-0.15, -0.1) is 78.9 Å². The minimum absolute atomic E-state index is 0.125. The van der Waals surface area contributed by atoms with Crippen LogP contribution >= 0.6 is 0 Å². The van der Waals surface area contributed by atoms with Crippen LogP contribution in [0.1, 0.15) is 142 Å². The van der Waals surface area contributed by atoms with Crippen LogP contribution in [-0.2, 0) is 4.74 Å². The lowest BCUT2D eigenvalue weighted by Crippen LogP contribution is -1.97. The molecular weight excluding hydrogens is 504 g/mol. The monoisotopic (exact) mass is 585 g/mol. The van der Waals surface area contributed by atoms with Crippen molar-refractivity contribution in [2.45, 2.75) is 142 Å². The van der Waals surface area contributed by atoms with E-state index < -0.39 is 0 Å². The maximum absolute atomic E-state index is 7.62.